The van der Waals surface area contributed by atoms with Crippen molar-refractivity contribution >= 4 is 11.6 Å². The molecule has 19 heavy (non-hydrogen) atoms. The second-order valence-corrected chi connectivity index (χ2v) is 4.76. The zero-order chi connectivity index (χ0) is 14.0. The number of alkyl halides is 3. The Morgan fingerprint density at radius 2 is 1.79 bits per heavy atom. The Bertz CT molecular complexity index is 479. The van der Waals surface area contributed by atoms with E-state index in [0.29, 0.717) is 6.42 Å². The van der Waals surface area contributed by atoms with Crippen molar-refractivity contribution in [1.29, 1.82) is 0 Å². The van der Waals surface area contributed by atoms with Gasteiger partial charge in [-0.3, -0.25) is 9.59 Å². The summed E-state index contributed by atoms with van der Waals surface area (Å²) >= 11 is 0. The van der Waals surface area contributed by atoms with Crippen LogP contribution in [0.25, 0.3) is 0 Å². The number of hydrogen-bond acceptors (Lipinski definition) is 2. The summed E-state index contributed by atoms with van der Waals surface area (Å²) in [6.07, 6.45) is -4.43. The number of hydrogen-bond donors (Lipinski definition) is 0. The molecule has 5 heteroatoms. The Morgan fingerprint density at radius 3 is 2.37 bits per heavy atom. The van der Waals surface area contributed by atoms with Gasteiger partial charge in [0.25, 0.3) is 0 Å². The fraction of sp³-hybridized carbons (Fsp3) is 0.429. The summed E-state index contributed by atoms with van der Waals surface area (Å²) in [5, 5.41) is 0. The minimum absolute atomic E-state index is 0.0338. The van der Waals surface area contributed by atoms with Crippen molar-refractivity contribution in [3.8, 4) is 0 Å². The molecule has 0 aliphatic heterocycles. The van der Waals surface area contributed by atoms with E-state index in [-0.39, 0.29) is 18.8 Å². The van der Waals surface area contributed by atoms with Crippen LogP contribution in [0.2, 0.25) is 0 Å². The second kappa shape index (κ2) is 5.15. The van der Waals surface area contributed by atoms with E-state index in [4.69, 9.17) is 0 Å². The third-order valence-corrected chi connectivity index (χ3v) is 3.51. The quantitative estimate of drug-likeness (QED) is 0.773. The summed E-state index contributed by atoms with van der Waals surface area (Å²) in [6.45, 7) is 0. The van der Waals surface area contributed by atoms with Crippen molar-refractivity contribution < 1.29 is 22.8 Å². The van der Waals surface area contributed by atoms with E-state index in [1.54, 1.807) is 12.1 Å². The summed E-state index contributed by atoms with van der Waals surface area (Å²) in [7, 11) is 0. The molecule has 0 heterocycles. The minimum Gasteiger partial charge on any atom is -0.299 e. The van der Waals surface area contributed by atoms with Gasteiger partial charge < -0.3 is 0 Å². The molecule has 0 N–H and O–H groups in total. The Kier molecular flexibility index (Phi) is 3.73. The largest absolute Gasteiger partial charge is 0.450 e. The van der Waals surface area contributed by atoms with Crippen LogP contribution in [0.15, 0.2) is 30.3 Å². The molecule has 2 rings (SSSR count). The summed E-state index contributed by atoms with van der Waals surface area (Å²) in [5.41, 5.74) is 0.884. The van der Waals surface area contributed by atoms with Gasteiger partial charge in [0.15, 0.2) is 0 Å². The Hall–Kier alpha value is -1.65. The molecular weight excluding hydrogens is 257 g/mol. The molecule has 2 atom stereocenters. The molecule has 1 saturated carbocycles. The first-order chi connectivity index (χ1) is 8.89. The van der Waals surface area contributed by atoms with E-state index in [0.717, 1.165) is 5.56 Å². The predicted octanol–water partition coefficient (Wildman–Crippen LogP) is 3.27. The average molecular weight is 270 g/mol. The molecule has 1 aliphatic rings. The SMILES string of the molecule is O=C1CC[C@H](c2ccccc2)C[C@@H]1C(=O)C(F)(F)F. The molecule has 0 unspecified atom stereocenters. The van der Waals surface area contributed by atoms with Crippen molar-refractivity contribution in [3.63, 3.8) is 0 Å². The van der Waals surface area contributed by atoms with Crippen molar-refractivity contribution in [2.45, 2.75) is 31.4 Å². The number of halogens is 3. The molecular formula is C14H13F3O2. The molecule has 1 fully saturated rings. The number of carbonyl (C=O) groups is 2. The lowest BCUT2D eigenvalue weighted by molar-refractivity contribution is -0.177. The van der Waals surface area contributed by atoms with E-state index in [1.165, 1.54) is 0 Å². The topological polar surface area (TPSA) is 34.1 Å². The van der Waals surface area contributed by atoms with E-state index < -0.39 is 23.7 Å². The van der Waals surface area contributed by atoms with Gasteiger partial charge in [-0.15, -0.1) is 0 Å². The molecule has 0 bridgehead atoms. The van der Waals surface area contributed by atoms with Crippen molar-refractivity contribution in [2.24, 2.45) is 5.92 Å². The number of benzene rings is 1. The summed E-state index contributed by atoms with van der Waals surface area (Å²) in [6, 6.07) is 9.04. The van der Waals surface area contributed by atoms with Crippen LogP contribution in [0.4, 0.5) is 13.2 Å². The molecule has 1 aromatic carbocycles. The van der Waals surface area contributed by atoms with Gasteiger partial charge in [-0.1, -0.05) is 30.3 Å². The fourth-order valence-electron chi connectivity index (χ4n) is 2.50. The van der Waals surface area contributed by atoms with Crippen LogP contribution in [0.5, 0.6) is 0 Å². The standard InChI is InChI=1S/C14H13F3O2/c15-14(16,17)13(19)11-8-10(6-7-12(11)18)9-4-2-1-3-5-9/h1-5,10-11H,6-8H2/t10-,11-/m0/s1. The summed E-state index contributed by atoms with van der Waals surface area (Å²) in [5.74, 6) is -4.18. The van der Waals surface area contributed by atoms with Crippen LogP contribution in [-0.2, 0) is 9.59 Å². The van der Waals surface area contributed by atoms with Crippen molar-refractivity contribution in [2.75, 3.05) is 0 Å². The summed E-state index contributed by atoms with van der Waals surface area (Å²) in [4.78, 5) is 22.8. The Morgan fingerprint density at radius 1 is 1.16 bits per heavy atom. The number of ketones is 2. The highest BCUT2D eigenvalue weighted by atomic mass is 19.4. The number of rotatable bonds is 2. The van der Waals surface area contributed by atoms with Crippen LogP contribution in [0.3, 0.4) is 0 Å². The highest BCUT2D eigenvalue weighted by molar-refractivity contribution is 6.05. The minimum atomic E-state index is -4.93. The van der Waals surface area contributed by atoms with Crippen LogP contribution < -0.4 is 0 Å². The van der Waals surface area contributed by atoms with Gasteiger partial charge in [0.05, 0.1) is 5.92 Å². The van der Waals surface area contributed by atoms with E-state index in [2.05, 4.69) is 0 Å². The number of carbonyl (C=O) groups excluding carboxylic acids is 2. The lowest BCUT2D eigenvalue weighted by atomic mass is 9.75. The normalized spacial score (nSPS) is 24.3. The van der Waals surface area contributed by atoms with Gasteiger partial charge in [-0.25, -0.2) is 0 Å². The zero-order valence-corrected chi connectivity index (χ0v) is 10.1. The van der Waals surface area contributed by atoms with Crippen LogP contribution in [0, 0.1) is 5.92 Å². The van der Waals surface area contributed by atoms with Gasteiger partial charge in [0, 0.05) is 6.42 Å². The summed E-state index contributed by atoms with van der Waals surface area (Å²) < 4.78 is 37.3. The van der Waals surface area contributed by atoms with Gasteiger partial charge in [0.1, 0.15) is 5.78 Å². The molecule has 0 amide bonds. The molecule has 0 saturated heterocycles. The van der Waals surface area contributed by atoms with Gasteiger partial charge in [-0.05, 0) is 24.3 Å². The second-order valence-electron chi connectivity index (χ2n) is 4.76. The maximum atomic E-state index is 12.4. The zero-order valence-electron chi connectivity index (χ0n) is 10.1. The Labute approximate surface area is 108 Å². The Balaban J connectivity index is 2.17. The predicted molar refractivity (Wildman–Crippen MR) is 62.6 cm³/mol. The lowest BCUT2D eigenvalue weighted by Gasteiger charge is -2.28. The van der Waals surface area contributed by atoms with Crippen LogP contribution in [0.1, 0.15) is 30.7 Å². The van der Waals surface area contributed by atoms with Crippen molar-refractivity contribution in [3.05, 3.63) is 35.9 Å². The third-order valence-electron chi connectivity index (χ3n) is 3.51. The molecule has 0 aromatic heterocycles. The fourth-order valence-corrected chi connectivity index (χ4v) is 2.50. The van der Waals surface area contributed by atoms with Gasteiger partial charge in [0.2, 0.25) is 5.78 Å². The maximum absolute atomic E-state index is 12.4. The monoisotopic (exact) mass is 270 g/mol. The average Bonchev–Trinajstić information content (AvgIpc) is 2.38. The maximum Gasteiger partial charge on any atom is 0.450 e. The molecule has 2 nitrogen and oxygen atoms in total. The molecule has 0 radical (unpaired) electrons. The van der Waals surface area contributed by atoms with E-state index in [9.17, 15) is 22.8 Å². The van der Waals surface area contributed by atoms with Crippen molar-refractivity contribution in [1.82, 2.24) is 0 Å². The first-order valence-corrected chi connectivity index (χ1v) is 6.08. The van der Waals surface area contributed by atoms with Gasteiger partial charge >= 0.3 is 6.18 Å². The molecule has 1 aliphatic carbocycles. The van der Waals surface area contributed by atoms with E-state index in [1.807, 2.05) is 18.2 Å². The smallest absolute Gasteiger partial charge is 0.299 e. The lowest BCUT2D eigenvalue weighted by Crippen LogP contribution is -2.38. The van der Waals surface area contributed by atoms with Gasteiger partial charge in [-0.2, -0.15) is 13.2 Å². The highest BCUT2D eigenvalue weighted by Gasteiger charge is 2.47. The van der Waals surface area contributed by atoms with Crippen LogP contribution in [-0.4, -0.2) is 17.7 Å². The first kappa shape index (κ1) is 13.8. The van der Waals surface area contributed by atoms with E-state index >= 15 is 0 Å². The van der Waals surface area contributed by atoms with Crippen LogP contribution >= 0.6 is 0 Å². The molecule has 102 valence electrons. The molecule has 1 aromatic rings. The third kappa shape index (κ3) is 3.03. The molecule has 0 spiro atoms. The number of Topliss-reactive ketones (excluding diaryl/α,β-unsaturated/α-hetero) is 2. The highest BCUT2D eigenvalue weighted by Crippen LogP contribution is 2.37. The first-order valence-electron chi connectivity index (χ1n) is 6.08.